The highest BCUT2D eigenvalue weighted by molar-refractivity contribution is 5.76. The van der Waals surface area contributed by atoms with E-state index >= 15 is 0 Å². The summed E-state index contributed by atoms with van der Waals surface area (Å²) >= 11 is 0. The Morgan fingerprint density at radius 2 is 0.625 bits per heavy atom. The topological polar surface area (TPSA) is 95.9 Å². The van der Waals surface area contributed by atoms with Crippen molar-refractivity contribution in [3.05, 3.63) is 24.3 Å². The fraction of sp³-hybridized carbons (Fsp3) is 0.919. The van der Waals surface area contributed by atoms with Crippen molar-refractivity contribution in [2.45, 2.75) is 424 Å². The van der Waals surface area contributed by atoms with E-state index in [-0.39, 0.29) is 18.5 Å². The van der Waals surface area contributed by atoms with Gasteiger partial charge in [0.15, 0.2) is 0 Å². The minimum Gasteiger partial charge on any atom is -0.466 e. The monoisotopic (exact) mass is 1130 g/mol. The summed E-state index contributed by atoms with van der Waals surface area (Å²) in [4.78, 5) is 24.6. The van der Waals surface area contributed by atoms with Gasteiger partial charge in [0.1, 0.15) is 0 Å². The summed E-state index contributed by atoms with van der Waals surface area (Å²) in [6, 6.07) is -0.537. The summed E-state index contributed by atoms with van der Waals surface area (Å²) in [7, 11) is 0. The molecule has 0 aliphatic rings. The number of hydrogen-bond donors (Lipinski definition) is 3. The molecular weight excluding hydrogens is 983 g/mol. The molecule has 0 aromatic carbocycles. The Hall–Kier alpha value is -1.66. The Balaban J connectivity index is 3.31. The average molecular weight is 1130 g/mol. The molecule has 2 unspecified atom stereocenters. The smallest absolute Gasteiger partial charge is 0.305 e. The lowest BCUT2D eigenvalue weighted by Crippen LogP contribution is -2.45. The Morgan fingerprint density at radius 3 is 0.963 bits per heavy atom. The molecule has 474 valence electrons. The van der Waals surface area contributed by atoms with Crippen LogP contribution in [0.3, 0.4) is 0 Å². The molecule has 3 N–H and O–H groups in total. The number of nitrogens with one attached hydrogen (secondary N) is 1. The van der Waals surface area contributed by atoms with Gasteiger partial charge in [-0.15, -0.1) is 0 Å². The van der Waals surface area contributed by atoms with Crippen LogP contribution in [0.15, 0.2) is 24.3 Å². The van der Waals surface area contributed by atoms with Crippen LogP contribution in [-0.4, -0.2) is 47.4 Å². The van der Waals surface area contributed by atoms with Gasteiger partial charge in [0, 0.05) is 12.8 Å². The number of carbonyl (C=O) groups excluding carboxylic acids is 2. The van der Waals surface area contributed by atoms with E-state index in [2.05, 4.69) is 43.5 Å². The number of aliphatic hydroxyl groups is 2. The molecule has 0 spiro atoms. The van der Waals surface area contributed by atoms with Gasteiger partial charge in [-0.1, -0.05) is 366 Å². The van der Waals surface area contributed by atoms with Crippen molar-refractivity contribution in [1.29, 1.82) is 0 Å². The fourth-order valence-electron chi connectivity index (χ4n) is 11.7. The molecule has 6 nitrogen and oxygen atoms in total. The number of amides is 1. The molecular formula is C74H143NO5. The minimum absolute atomic E-state index is 0.00838. The second-order valence-corrected chi connectivity index (χ2v) is 25.3. The Morgan fingerprint density at radius 1 is 0.350 bits per heavy atom. The van der Waals surface area contributed by atoms with E-state index in [1.54, 1.807) is 0 Å². The number of allylic oxidation sites excluding steroid dienone is 4. The van der Waals surface area contributed by atoms with Crippen LogP contribution in [0.4, 0.5) is 0 Å². The van der Waals surface area contributed by atoms with Gasteiger partial charge in [-0.05, 0) is 57.8 Å². The van der Waals surface area contributed by atoms with E-state index in [0.717, 1.165) is 51.4 Å². The van der Waals surface area contributed by atoms with E-state index < -0.39 is 12.1 Å². The molecule has 2 atom stereocenters. The van der Waals surface area contributed by atoms with Crippen molar-refractivity contribution in [2.75, 3.05) is 13.2 Å². The molecule has 6 heteroatoms. The summed E-state index contributed by atoms with van der Waals surface area (Å²) in [5.41, 5.74) is 0. The first kappa shape index (κ1) is 78.3. The van der Waals surface area contributed by atoms with Gasteiger partial charge >= 0.3 is 5.97 Å². The van der Waals surface area contributed by atoms with Crippen LogP contribution < -0.4 is 5.32 Å². The maximum Gasteiger partial charge on any atom is 0.305 e. The van der Waals surface area contributed by atoms with E-state index in [4.69, 9.17) is 4.74 Å². The molecule has 0 heterocycles. The third kappa shape index (κ3) is 65.5. The molecule has 0 aliphatic heterocycles. The van der Waals surface area contributed by atoms with Crippen LogP contribution in [0.1, 0.15) is 412 Å². The molecule has 0 radical (unpaired) electrons. The van der Waals surface area contributed by atoms with Crippen molar-refractivity contribution in [3.8, 4) is 0 Å². The summed E-state index contributed by atoms with van der Waals surface area (Å²) in [6.45, 7) is 4.97. The summed E-state index contributed by atoms with van der Waals surface area (Å²) in [5.74, 6) is -0.0189. The first-order valence-corrected chi connectivity index (χ1v) is 36.6. The number of unbranched alkanes of at least 4 members (excludes halogenated alkanes) is 54. The van der Waals surface area contributed by atoms with Gasteiger partial charge < -0.3 is 20.3 Å². The molecule has 0 rings (SSSR count). The van der Waals surface area contributed by atoms with Gasteiger partial charge in [0.2, 0.25) is 5.91 Å². The Bertz CT molecular complexity index is 1250. The lowest BCUT2D eigenvalue weighted by Gasteiger charge is -2.22. The lowest BCUT2D eigenvalue weighted by atomic mass is 10.0. The highest BCUT2D eigenvalue weighted by Gasteiger charge is 2.20. The van der Waals surface area contributed by atoms with Crippen molar-refractivity contribution >= 4 is 11.9 Å². The quantitative estimate of drug-likeness (QED) is 0.0320. The molecule has 0 saturated heterocycles. The number of rotatable bonds is 69. The maximum atomic E-state index is 12.5. The second kappa shape index (κ2) is 69.8. The number of hydrogen-bond acceptors (Lipinski definition) is 5. The van der Waals surface area contributed by atoms with Crippen molar-refractivity contribution in [2.24, 2.45) is 0 Å². The van der Waals surface area contributed by atoms with Crippen LogP contribution in [0.5, 0.6) is 0 Å². The zero-order valence-corrected chi connectivity index (χ0v) is 54.3. The molecule has 0 aromatic heterocycles. The predicted octanol–water partition coefficient (Wildman–Crippen LogP) is 23.7. The highest BCUT2D eigenvalue weighted by atomic mass is 16.5. The lowest BCUT2D eigenvalue weighted by molar-refractivity contribution is -0.143. The van der Waals surface area contributed by atoms with Gasteiger partial charge in [-0.2, -0.15) is 0 Å². The van der Waals surface area contributed by atoms with E-state index in [9.17, 15) is 19.8 Å². The van der Waals surface area contributed by atoms with E-state index in [0.29, 0.717) is 25.9 Å². The van der Waals surface area contributed by atoms with Crippen LogP contribution in [0, 0.1) is 0 Å². The second-order valence-electron chi connectivity index (χ2n) is 25.3. The van der Waals surface area contributed by atoms with E-state index in [1.807, 2.05) is 0 Å². The summed E-state index contributed by atoms with van der Waals surface area (Å²) in [6.07, 6.45) is 88.2. The molecule has 1 amide bonds. The molecule has 0 saturated carbocycles. The normalized spacial score (nSPS) is 12.6. The zero-order chi connectivity index (χ0) is 57.8. The first-order chi connectivity index (χ1) is 39.5. The largest absolute Gasteiger partial charge is 0.466 e. The number of ether oxygens (including phenoxy) is 1. The highest BCUT2D eigenvalue weighted by Crippen LogP contribution is 2.19. The standard InChI is InChI=1S/C74H143NO5/c1-3-5-7-9-11-13-15-17-19-40-44-48-52-56-60-64-68-74(79)80-69-65-61-57-53-49-45-41-37-35-33-31-29-27-25-23-21-20-22-24-26-28-30-32-34-36-39-43-47-51-55-59-63-67-73(78)75-71(70-76)72(77)66-62-58-54-50-46-42-38-18-16-14-12-10-8-6-4-2/h13,15,19,40,71-72,76-77H,3-12,14,16-18,20-39,41-70H2,1-2H3,(H,75,78)/b15-13-,40-19-. The molecule has 0 bridgehead atoms. The van der Waals surface area contributed by atoms with Crippen LogP contribution in [-0.2, 0) is 14.3 Å². The van der Waals surface area contributed by atoms with Crippen LogP contribution in [0.25, 0.3) is 0 Å². The third-order valence-corrected chi connectivity index (χ3v) is 17.3. The van der Waals surface area contributed by atoms with Crippen molar-refractivity contribution < 1.29 is 24.5 Å². The van der Waals surface area contributed by atoms with Crippen molar-refractivity contribution in [1.82, 2.24) is 5.32 Å². The first-order valence-electron chi connectivity index (χ1n) is 36.6. The Kier molecular flexibility index (Phi) is 68.4. The van der Waals surface area contributed by atoms with Crippen LogP contribution in [0.2, 0.25) is 0 Å². The average Bonchev–Trinajstić information content (AvgIpc) is 3.46. The Labute approximate surface area is 501 Å². The van der Waals surface area contributed by atoms with Gasteiger partial charge in [0.25, 0.3) is 0 Å². The van der Waals surface area contributed by atoms with Gasteiger partial charge in [-0.3, -0.25) is 9.59 Å². The summed E-state index contributed by atoms with van der Waals surface area (Å²) < 4.78 is 5.50. The minimum atomic E-state index is -0.660. The summed E-state index contributed by atoms with van der Waals surface area (Å²) in [5, 5.41) is 23.3. The fourth-order valence-corrected chi connectivity index (χ4v) is 11.7. The number of aliphatic hydroxyl groups excluding tert-OH is 2. The predicted molar refractivity (Wildman–Crippen MR) is 352 cm³/mol. The number of carbonyl (C=O) groups is 2. The van der Waals surface area contributed by atoms with Gasteiger partial charge in [0.05, 0.1) is 25.4 Å². The van der Waals surface area contributed by atoms with Crippen molar-refractivity contribution in [3.63, 3.8) is 0 Å². The zero-order valence-electron chi connectivity index (χ0n) is 54.3. The van der Waals surface area contributed by atoms with E-state index in [1.165, 1.54) is 327 Å². The molecule has 0 fully saturated rings. The molecule has 80 heavy (non-hydrogen) atoms. The number of esters is 1. The SMILES string of the molecule is CCCCCC/C=C\C/C=C\CCCCCCCC(=O)OCCCCCCCCCCCCCCCCCCCCCCCCCCCCCCCCCCC(=O)NC(CO)C(O)CCCCCCCCCCCCCCCCC. The maximum absolute atomic E-state index is 12.5. The third-order valence-electron chi connectivity index (χ3n) is 17.3. The van der Waals surface area contributed by atoms with Gasteiger partial charge in [-0.25, -0.2) is 0 Å². The van der Waals surface area contributed by atoms with Crippen LogP contribution >= 0.6 is 0 Å². The molecule has 0 aromatic rings. The molecule has 0 aliphatic carbocycles.